The smallest absolute Gasteiger partial charge is 0.462 e. The minimum absolute atomic E-state index is 0.0326. The Morgan fingerprint density at radius 2 is 0.570 bits per heavy atom. The van der Waals surface area contributed by atoms with Crippen molar-refractivity contribution >= 4 is 19.8 Å². The summed E-state index contributed by atoms with van der Waals surface area (Å²) in [5.41, 5.74) is 0. The number of carbonyl (C=O) groups is 2. The summed E-state index contributed by atoms with van der Waals surface area (Å²) in [5, 5.41) is 0. The molecule has 0 aromatic heterocycles. The Bertz CT molecular complexity index is 1970. The Balaban J connectivity index is 3.89. The lowest BCUT2D eigenvalue weighted by Crippen LogP contribution is -2.37. The lowest BCUT2D eigenvalue weighted by Gasteiger charge is -2.24. The van der Waals surface area contributed by atoms with Crippen LogP contribution in [0.5, 0.6) is 0 Å². The minimum atomic E-state index is -4.40. The average molecular weight is 1420 g/mol. The van der Waals surface area contributed by atoms with E-state index in [4.69, 9.17) is 18.5 Å². The first-order valence-corrected chi connectivity index (χ1v) is 44.8. The number of ether oxygens (including phenoxy) is 2. The number of likely N-dealkylation sites (N-methyl/N-ethyl adjacent to an activating group) is 1. The first-order valence-electron chi connectivity index (χ1n) is 43.3. The lowest BCUT2D eigenvalue weighted by atomic mass is 10.0. The van der Waals surface area contributed by atoms with Gasteiger partial charge in [-0.1, -0.05) is 426 Å². The monoisotopic (exact) mass is 1420 g/mol. The van der Waals surface area contributed by atoms with Gasteiger partial charge in [-0.05, 0) is 70.6 Å². The second kappa shape index (κ2) is 80.3. The van der Waals surface area contributed by atoms with Gasteiger partial charge in [-0.25, -0.2) is 4.57 Å². The van der Waals surface area contributed by atoms with Crippen LogP contribution in [0.2, 0.25) is 0 Å². The Labute approximate surface area is 621 Å². The molecule has 0 fully saturated rings. The van der Waals surface area contributed by atoms with E-state index in [0.29, 0.717) is 23.9 Å². The zero-order valence-corrected chi connectivity index (χ0v) is 67.8. The maximum absolute atomic E-state index is 12.9. The molecule has 584 valence electrons. The molecule has 0 saturated heterocycles. The predicted molar refractivity (Wildman–Crippen MR) is 436 cm³/mol. The molecule has 0 aromatic carbocycles. The molecule has 2 unspecified atom stereocenters. The van der Waals surface area contributed by atoms with Crippen LogP contribution in [0.25, 0.3) is 0 Å². The quantitative estimate of drug-likeness (QED) is 0.0211. The number of unbranched alkanes of at least 4 members (excludes halogenated alkanes) is 53. The standard InChI is InChI=1S/C90H166NO8P/c1-6-8-10-12-14-16-18-20-22-24-26-28-30-32-34-36-38-40-42-44-45-47-49-51-53-55-57-59-61-63-65-67-69-71-73-75-77-79-81-83-90(93)99-88(87-98-100(94,95)97-85-84-91(3,4)5)86-96-89(92)82-80-78-76-74-72-70-68-66-64-62-60-58-56-54-52-50-48-46-43-41-39-37-35-33-31-29-27-25-23-21-19-17-15-13-11-9-7-2/h8,10,14,16,20,22,26,28,32,34,38,40,44-45,88H,6-7,9,11-13,15,17-19,21,23-25,27,29-31,33,35-37,39,41-43,46-87H2,1-5H3/p+1/b10-8-,16-14-,22-20-,28-26-,34-32-,40-38-,45-44-. The number of allylic oxidation sites excluding steroid dienone is 14. The Morgan fingerprint density at radius 1 is 0.320 bits per heavy atom. The van der Waals surface area contributed by atoms with Crippen LogP contribution in [0.4, 0.5) is 0 Å². The maximum Gasteiger partial charge on any atom is 0.472 e. The van der Waals surface area contributed by atoms with Crippen LogP contribution in [-0.2, 0) is 32.7 Å². The van der Waals surface area contributed by atoms with Crippen LogP contribution in [0.1, 0.15) is 425 Å². The molecule has 0 aliphatic rings. The van der Waals surface area contributed by atoms with Crippen molar-refractivity contribution in [2.75, 3.05) is 47.5 Å². The number of hydrogen-bond acceptors (Lipinski definition) is 7. The van der Waals surface area contributed by atoms with E-state index < -0.39 is 26.5 Å². The zero-order valence-electron chi connectivity index (χ0n) is 66.9. The van der Waals surface area contributed by atoms with E-state index in [1.54, 1.807) is 0 Å². The van der Waals surface area contributed by atoms with Gasteiger partial charge in [-0.2, -0.15) is 0 Å². The number of hydrogen-bond donors (Lipinski definition) is 1. The van der Waals surface area contributed by atoms with Crippen LogP contribution in [0.3, 0.4) is 0 Å². The van der Waals surface area contributed by atoms with Gasteiger partial charge in [-0.3, -0.25) is 18.6 Å². The molecular weight excluding hydrogens is 1250 g/mol. The van der Waals surface area contributed by atoms with Crippen LogP contribution in [-0.4, -0.2) is 74.9 Å². The molecule has 2 atom stereocenters. The molecule has 0 spiro atoms. The SMILES string of the molecule is CC/C=C\C/C=C\C/C=C\C/C=C\C/C=C\C/C=C\C/C=C\CCCCCCCCCCCCCCCCCCCC(=O)OC(COC(=O)CCCCCCCCCCCCCCCCCCCCCCCCCCCCCCCCCCCCCCC)COP(=O)(O)OCC[N+](C)(C)C. The fourth-order valence-electron chi connectivity index (χ4n) is 12.9. The minimum Gasteiger partial charge on any atom is -0.462 e. The van der Waals surface area contributed by atoms with Gasteiger partial charge >= 0.3 is 19.8 Å². The number of rotatable bonds is 81. The van der Waals surface area contributed by atoms with Gasteiger partial charge in [0.05, 0.1) is 27.7 Å². The fourth-order valence-corrected chi connectivity index (χ4v) is 13.6. The summed E-state index contributed by atoms with van der Waals surface area (Å²) < 4.78 is 34.9. The molecule has 0 aromatic rings. The summed E-state index contributed by atoms with van der Waals surface area (Å²) in [5.74, 6) is -0.776. The second-order valence-corrected chi connectivity index (χ2v) is 32.0. The third kappa shape index (κ3) is 84.1. The van der Waals surface area contributed by atoms with Gasteiger partial charge in [0.1, 0.15) is 19.8 Å². The van der Waals surface area contributed by atoms with Crippen molar-refractivity contribution < 1.29 is 42.1 Å². The van der Waals surface area contributed by atoms with Crippen molar-refractivity contribution in [1.82, 2.24) is 0 Å². The van der Waals surface area contributed by atoms with E-state index in [2.05, 4.69) is 98.9 Å². The molecule has 0 radical (unpaired) electrons. The van der Waals surface area contributed by atoms with Crippen molar-refractivity contribution in [2.45, 2.75) is 431 Å². The molecule has 0 rings (SSSR count). The molecule has 0 amide bonds. The fraction of sp³-hybridized carbons (Fsp3) is 0.822. The van der Waals surface area contributed by atoms with Crippen LogP contribution < -0.4 is 0 Å². The van der Waals surface area contributed by atoms with Crippen LogP contribution in [0.15, 0.2) is 85.1 Å². The van der Waals surface area contributed by atoms with Crippen molar-refractivity contribution in [3.8, 4) is 0 Å². The average Bonchev–Trinajstić information content (AvgIpc) is 1.07. The first-order chi connectivity index (χ1) is 49.0. The molecular formula is C90H167NO8P+. The zero-order chi connectivity index (χ0) is 72.5. The Morgan fingerprint density at radius 3 is 0.850 bits per heavy atom. The third-order valence-electron chi connectivity index (χ3n) is 19.4. The third-order valence-corrected chi connectivity index (χ3v) is 20.4. The number of esters is 2. The first kappa shape index (κ1) is 97.2. The second-order valence-electron chi connectivity index (χ2n) is 30.6. The van der Waals surface area contributed by atoms with E-state index in [0.717, 1.165) is 77.0 Å². The van der Waals surface area contributed by atoms with E-state index in [1.165, 1.54) is 315 Å². The largest absolute Gasteiger partial charge is 0.472 e. The topological polar surface area (TPSA) is 108 Å². The molecule has 0 aliphatic carbocycles. The molecule has 10 heteroatoms. The summed E-state index contributed by atoms with van der Waals surface area (Å²) in [6, 6.07) is 0. The van der Waals surface area contributed by atoms with Crippen molar-refractivity contribution in [3.63, 3.8) is 0 Å². The number of nitrogens with zero attached hydrogens (tertiary/aromatic N) is 1. The highest BCUT2D eigenvalue weighted by Crippen LogP contribution is 2.43. The number of quaternary nitrogens is 1. The summed E-state index contributed by atoms with van der Waals surface area (Å²) >= 11 is 0. The number of phosphoric ester groups is 1. The molecule has 0 saturated carbocycles. The maximum atomic E-state index is 12.9. The molecule has 0 aliphatic heterocycles. The Hall–Kier alpha value is -2.81. The summed E-state index contributed by atoms with van der Waals surface area (Å²) in [4.78, 5) is 36.0. The Kier molecular flexibility index (Phi) is 78.0. The van der Waals surface area contributed by atoms with Crippen molar-refractivity contribution in [3.05, 3.63) is 85.1 Å². The van der Waals surface area contributed by atoms with Gasteiger partial charge in [0.2, 0.25) is 0 Å². The summed E-state index contributed by atoms with van der Waals surface area (Å²) in [7, 11) is 1.49. The van der Waals surface area contributed by atoms with Gasteiger partial charge in [-0.15, -0.1) is 0 Å². The lowest BCUT2D eigenvalue weighted by molar-refractivity contribution is -0.870. The van der Waals surface area contributed by atoms with Gasteiger partial charge in [0.15, 0.2) is 6.10 Å². The normalized spacial score (nSPS) is 13.4. The van der Waals surface area contributed by atoms with Gasteiger partial charge in [0.25, 0.3) is 0 Å². The summed E-state index contributed by atoms with van der Waals surface area (Å²) in [6.45, 7) is 4.39. The van der Waals surface area contributed by atoms with E-state index in [9.17, 15) is 19.0 Å². The van der Waals surface area contributed by atoms with E-state index in [-0.39, 0.29) is 25.6 Å². The summed E-state index contributed by atoms with van der Waals surface area (Å²) in [6.07, 6.45) is 112. The van der Waals surface area contributed by atoms with Crippen LogP contribution >= 0.6 is 7.82 Å². The highest BCUT2D eigenvalue weighted by molar-refractivity contribution is 7.47. The molecule has 100 heavy (non-hydrogen) atoms. The van der Waals surface area contributed by atoms with Gasteiger partial charge in [0, 0.05) is 12.8 Å². The predicted octanol–water partition coefficient (Wildman–Crippen LogP) is 29.2. The highest BCUT2D eigenvalue weighted by atomic mass is 31.2. The van der Waals surface area contributed by atoms with Crippen LogP contribution in [0, 0.1) is 0 Å². The molecule has 0 heterocycles. The molecule has 1 N–H and O–H groups in total. The molecule has 9 nitrogen and oxygen atoms in total. The van der Waals surface area contributed by atoms with Gasteiger partial charge < -0.3 is 18.9 Å². The number of phosphoric acid groups is 1. The van der Waals surface area contributed by atoms with E-state index in [1.807, 2.05) is 21.1 Å². The highest BCUT2D eigenvalue weighted by Gasteiger charge is 2.27. The molecule has 0 bridgehead atoms. The van der Waals surface area contributed by atoms with Crippen molar-refractivity contribution in [2.24, 2.45) is 0 Å². The van der Waals surface area contributed by atoms with E-state index >= 15 is 0 Å². The van der Waals surface area contributed by atoms with Crippen molar-refractivity contribution in [1.29, 1.82) is 0 Å². The number of carbonyl (C=O) groups excluding carboxylic acids is 2.